The Balaban J connectivity index is 2.50. The van der Waals surface area contributed by atoms with Gasteiger partial charge in [0.05, 0.1) is 0 Å². The molecule has 2 aromatic rings. The summed E-state index contributed by atoms with van der Waals surface area (Å²) in [6, 6.07) is 14.4. The van der Waals surface area contributed by atoms with Crippen LogP contribution in [0.4, 0.5) is 5.69 Å². The molecule has 0 unspecified atom stereocenters. The zero-order valence-corrected chi connectivity index (χ0v) is 10.1. The molecule has 0 bridgehead atoms. The zero-order valence-electron chi connectivity index (χ0n) is 8.50. The number of aryl methyl sites for hydroxylation is 1. The van der Waals surface area contributed by atoms with E-state index >= 15 is 0 Å². The van der Waals surface area contributed by atoms with Crippen LogP contribution < -0.4 is 5.73 Å². The summed E-state index contributed by atoms with van der Waals surface area (Å²) >= 11 is 3.44. The van der Waals surface area contributed by atoms with Crippen LogP contribution in [-0.2, 0) is 0 Å². The van der Waals surface area contributed by atoms with E-state index < -0.39 is 0 Å². The minimum absolute atomic E-state index is 0.770. The maximum absolute atomic E-state index is 5.75. The van der Waals surface area contributed by atoms with E-state index in [1.165, 1.54) is 16.7 Å². The standard InChI is InChI=1S/C13H12BrN/c1-9-3-2-4-10(7-9)11-5-6-13(15)12(14)8-11/h2-8H,15H2,1H3. The molecule has 76 valence electrons. The Morgan fingerprint density at radius 3 is 2.40 bits per heavy atom. The molecule has 2 aromatic carbocycles. The number of anilines is 1. The van der Waals surface area contributed by atoms with E-state index in [0.717, 1.165) is 10.2 Å². The first kappa shape index (κ1) is 10.2. The van der Waals surface area contributed by atoms with Crippen molar-refractivity contribution in [1.82, 2.24) is 0 Å². The van der Waals surface area contributed by atoms with Gasteiger partial charge in [-0.05, 0) is 46.1 Å². The molecule has 0 fully saturated rings. The molecule has 0 aliphatic rings. The number of hydrogen-bond acceptors (Lipinski definition) is 1. The largest absolute Gasteiger partial charge is 0.398 e. The van der Waals surface area contributed by atoms with Crippen molar-refractivity contribution in [1.29, 1.82) is 0 Å². The molecule has 0 aromatic heterocycles. The SMILES string of the molecule is Cc1cccc(-c2ccc(N)c(Br)c2)c1. The molecule has 0 amide bonds. The van der Waals surface area contributed by atoms with Crippen LogP contribution in [0.3, 0.4) is 0 Å². The molecule has 0 aliphatic carbocycles. The molecule has 15 heavy (non-hydrogen) atoms. The van der Waals surface area contributed by atoms with Gasteiger partial charge in [-0.1, -0.05) is 35.9 Å². The summed E-state index contributed by atoms with van der Waals surface area (Å²) in [4.78, 5) is 0. The Hall–Kier alpha value is -1.28. The second-order valence-electron chi connectivity index (χ2n) is 3.61. The minimum atomic E-state index is 0.770. The van der Waals surface area contributed by atoms with Crippen LogP contribution in [0.1, 0.15) is 5.56 Å². The first-order chi connectivity index (χ1) is 7.16. The van der Waals surface area contributed by atoms with Gasteiger partial charge in [-0.25, -0.2) is 0 Å². The molecule has 0 heterocycles. The Kier molecular flexibility index (Phi) is 2.78. The van der Waals surface area contributed by atoms with Crippen molar-refractivity contribution in [3.05, 3.63) is 52.5 Å². The Bertz CT molecular complexity index is 492. The highest BCUT2D eigenvalue weighted by Crippen LogP contribution is 2.27. The van der Waals surface area contributed by atoms with E-state index in [9.17, 15) is 0 Å². The highest BCUT2D eigenvalue weighted by atomic mass is 79.9. The summed E-state index contributed by atoms with van der Waals surface area (Å²) in [7, 11) is 0. The summed E-state index contributed by atoms with van der Waals surface area (Å²) in [5, 5.41) is 0. The van der Waals surface area contributed by atoms with E-state index in [1.807, 2.05) is 18.2 Å². The summed E-state index contributed by atoms with van der Waals surface area (Å²) in [5.41, 5.74) is 10.2. The normalized spacial score (nSPS) is 10.3. The fourth-order valence-electron chi connectivity index (χ4n) is 1.53. The minimum Gasteiger partial charge on any atom is -0.398 e. The van der Waals surface area contributed by atoms with Crippen molar-refractivity contribution in [2.75, 3.05) is 5.73 Å². The molecule has 2 rings (SSSR count). The topological polar surface area (TPSA) is 26.0 Å². The molecule has 0 saturated heterocycles. The summed E-state index contributed by atoms with van der Waals surface area (Å²) in [6.07, 6.45) is 0. The number of nitrogens with two attached hydrogens (primary N) is 1. The number of halogens is 1. The van der Waals surface area contributed by atoms with E-state index in [-0.39, 0.29) is 0 Å². The maximum atomic E-state index is 5.75. The Morgan fingerprint density at radius 2 is 1.73 bits per heavy atom. The summed E-state index contributed by atoms with van der Waals surface area (Å²) in [6.45, 7) is 2.09. The van der Waals surface area contributed by atoms with Gasteiger partial charge in [-0.15, -0.1) is 0 Å². The maximum Gasteiger partial charge on any atom is 0.0458 e. The van der Waals surface area contributed by atoms with Gasteiger partial charge in [-0.3, -0.25) is 0 Å². The molecule has 2 heteroatoms. The second kappa shape index (κ2) is 4.07. The smallest absolute Gasteiger partial charge is 0.0458 e. The monoisotopic (exact) mass is 261 g/mol. The molecular formula is C13H12BrN. The second-order valence-corrected chi connectivity index (χ2v) is 4.46. The third-order valence-corrected chi connectivity index (χ3v) is 3.04. The summed E-state index contributed by atoms with van der Waals surface area (Å²) in [5.74, 6) is 0. The van der Waals surface area contributed by atoms with Crippen LogP contribution in [0.25, 0.3) is 11.1 Å². The molecule has 1 nitrogen and oxygen atoms in total. The third-order valence-electron chi connectivity index (χ3n) is 2.35. The van der Waals surface area contributed by atoms with E-state index in [2.05, 4.69) is 47.1 Å². The lowest BCUT2D eigenvalue weighted by molar-refractivity contribution is 1.46. The van der Waals surface area contributed by atoms with Gasteiger partial charge in [0, 0.05) is 10.2 Å². The number of nitrogen functional groups attached to an aromatic ring is 1. The zero-order chi connectivity index (χ0) is 10.8. The third kappa shape index (κ3) is 2.21. The van der Waals surface area contributed by atoms with Gasteiger partial charge in [0.2, 0.25) is 0 Å². The summed E-state index contributed by atoms with van der Waals surface area (Å²) < 4.78 is 0.946. The predicted molar refractivity (Wildman–Crippen MR) is 68.7 cm³/mol. The number of hydrogen-bond donors (Lipinski definition) is 1. The van der Waals surface area contributed by atoms with Gasteiger partial charge in [0.15, 0.2) is 0 Å². The van der Waals surface area contributed by atoms with Crippen LogP contribution in [-0.4, -0.2) is 0 Å². The molecule has 0 atom stereocenters. The predicted octanol–water partition coefficient (Wildman–Crippen LogP) is 4.01. The van der Waals surface area contributed by atoms with Crippen LogP contribution in [0.2, 0.25) is 0 Å². The van der Waals surface area contributed by atoms with Crippen molar-refractivity contribution >= 4 is 21.6 Å². The lowest BCUT2D eigenvalue weighted by atomic mass is 10.0. The van der Waals surface area contributed by atoms with E-state index in [0.29, 0.717) is 0 Å². The van der Waals surface area contributed by atoms with Crippen LogP contribution in [0.5, 0.6) is 0 Å². The fourth-order valence-corrected chi connectivity index (χ4v) is 1.91. The van der Waals surface area contributed by atoms with E-state index in [4.69, 9.17) is 5.73 Å². The van der Waals surface area contributed by atoms with Gasteiger partial charge < -0.3 is 5.73 Å². The lowest BCUT2D eigenvalue weighted by Crippen LogP contribution is -1.87. The van der Waals surface area contributed by atoms with Crippen molar-refractivity contribution in [2.24, 2.45) is 0 Å². The first-order valence-electron chi connectivity index (χ1n) is 4.79. The van der Waals surface area contributed by atoms with Gasteiger partial charge in [0.25, 0.3) is 0 Å². The van der Waals surface area contributed by atoms with Crippen LogP contribution in [0, 0.1) is 6.92 Å². The highest BCUT2D eigenvalue weighted by molar-refractivity contribution is 9.10. The molecule has 0 radical (unpaired) electrons. The van der Waals surface area contributed by atoms with Gasteiger partial charge in [0.1, 0.15) is 0 Å². The molecule has 0 spiro atoms. The Morgan fingerprint density at radius 1 is 1.00 bits per heavy atom. The van der Waals surface area contributed by atoms with Crippen molar-refractivity contribution in [3.8, 4) is 11.1 Å². The number of rotatable bonds is 1. The van der Waals surface area contributed by atoms with Crippen molar-refractivity contribution in [2.45, 2.75) is 6.92 Å². The van der Waals surface area contributed by atoms with E-state index in [1.54, 1.807) is 0 Å². The van der Waals surface area contributed by atoms with Gasteiger partial charge in [-0.2, -0.15) is 0 Å². The molecule has 0 saturated carbocycles. The van der Waals surface area contributed by atoms with Crippen LogP contribution in [0.15, 0.2) is 46.9 Å². The van der Waals surface area contributed by atoms with Crippen molar-refractivity contribution < 1.29 is 0 Å². The average Bonchev–Trinajstić information content (AvgIpc) is 2.22. The first-order valence-corrected chi connectivity index (χ1v) is 5.58. The number of benzene rings is 2. The van der Waals surface area contributed by atoms with Crippen LogP contribution >= 0.6 is 15.9 Å². The molecular weight excluding hydrogens is 250 g/mol. The molecule has 0 aliphatic heterocycles. The highest BCUT2D eigenvalue weighted by Gasteiger charge is 2.00. The fraction of sp³-hybridized carbons (Fsp3) is 0.0769. The lowest BCUT2D eigenvalue weighted by Gasteiger charge is -2.05. The Labute approximate surface area is 98.1 Å². The average molecular weight is 262 g/mol. The van der Waals surface area contributed by atoms with Gasteiger partial charge >= 0.3 is 0 Å². The quantitative estimate of drug-likeness (QED) is 0.772. The molecule has 2 N–H and O–H groups in total. The van der Waals surface area contributed by atoms with Crippen molar-refractivity contribution in [3.63, 3.8) is 0 Å².